The summed E-state index contributed by atoms with van der Waals surface area (Å²) in [5, 5.41) is 10.7. The molecule has 0 radical (unpaired) electrons. The number of ether oxygens (including phenoxy) is 1. The Hall–Kier alpha value is -2.59. The van der Waals surface area contributed by atoms with Gasteiger partial charge in [0.05, 0.1) is 16.4 Å². The third-order valence-corrected chi connectivity index (χ3v) is 6.14. The van der Waals surface area contributed by atoms with E-state index >= 15 is 0 Å². The summed E-state index contributed by atoms with van der Waals surface area (Å²) in [6, 6.07) is 6.62. The lowest BCUT2D eigenvalue weighted by atomic mass is 10.1. The average molecular weight is 392 g/mol. The Bertz CT molecular complexity index is 926. The fourth-order valence-corrected chi connectivity index (χ4v) is 4.53. The first-order chi connectivity index (χ1) is 12.8. The highest BCUT2D eigenvalue weighted by Crippen LogP contribution is 2.24. The molecule has 2 heterocycles. The molecule has 1 unspecified atom stereocenters. The maximum absolute atomic E-state index is 12.8. The Kier molecular flexibility index (Phi) is 5.38. The first-order valence-electron chi connectivity index (χ1n) is 8.49. The van der Waals surface area contributed by atoms with Gasteiger partial charge in [0.25, 0.3) is 5.69 Å². The van der Waals surface area contributed by atoms with E-state index in [0.29, 0.717) is 31.1 Å². The summed E-state index contributed by atoms with van der Waals surface area (Å²) in [5.41, 5.74) is 0.631. The Morgan fingerprint density at radius 2 is 1.93 bits per heavy atom. The Labute approximate surface area is 157 Å². The van der Waals surface area contributed by atoms with Gasteiger partial charge in [-0.3, -0.25) is 10.1 Å². The molecule has 9 nitrogen and oxygen atoms in total. The van der Waals surface area contributed by atoms with Crippen LogP contribution >= 0.6 is 0 Å². The molecule has 0 aliphatic carbocycles. The summed E-state index contributed by atoms with van der Waals surface area (Å²) in [4.78, 5) is 18.6. The number of aryl methyl sites for hydroxylation is 2. The van der Waals surface area contributed by atoms with Gasteiger partial charge in [-0.15, -0.1) is 0 Å². The molecule has 0 N–H and O–H groups in total. The zero-order valence-electron chi connectivity index (χ0n) is 15.0. The van der Waals surface area contributed by atoms with E-state index in [4.69, 9.17) is 4.74 Å². The zero-order valence-corrected chi connectivity index (χ0v) is 15.8. The third kappa shape index (κ3) is 4.40. The standard InChI is InChI=1S/C17H20N4O5S/c1-12-10-17(19-13(2)18-12)26-15-4-3-9-20(11-15)27(24,25)16-7-5-14(6-8-16)21(22)23/h5-8,10,15H,3-4,9,11H2,1-2H3. The minimum absolute atomic E-state index is 0.0301. The summed E-state index contributed by atoms with van der Waals surface area (Å²) in [6.07, 6.45) is 1.05. The van der Waals surface area contributed by atoms with Crippen LogP contribution < -0.4 is 4.74 Å². The van der Waals surface area contributed by atoms with Crippen molar-refractivity contribution in [1.29, 1.82) is 0 Å². The third-order valence-electron chi connectivity index (χ3n) is 4.26. The minimum Gasteiger partial charge on any atom is -0.473 e. The molecule has 27 heavy (non-hydrogen) atoms. The van der Waals surface area contributed by atoms with Gasteiger partial charge in [0, 0.05) is 30.4 Å². The number of nitrogens with zero attached hydrogens (tertiary/aromatic N) is 4. The number of nitro benzene ring substituents is 1. The number of non-ortho nitro benzene ring substituents is 1. The van der Waals surface area contributed by atoms with Crippen LogP contribution in [0, 0.1) is 24.0 Å². The topological polar surface area (TPSA) is 116 Å². The largest absolute Gasteiger partial charge is 0.473 e. The minimum atomic E-state index is -3.75. The average Bonchev–Trinajstić information content (AvgIpc) is 2.61. The Morgan fingerprint density at radius 3 is 2.56 bits per heavy atom. The molecule has 1 atom stereocenters. The molecule has 3 rings (SSSR count). The quantitative estimate of drug-likeness (QED) is 0.566. The highest BCUT2D eigenvalue weighted by molar-refractivity contribution is 7.89. The van der Waals surface area contributed by atoms with Crippen molar-refractivity contribution in [2.75, 3.05) is 13.1 Å². The van der Waals surface area contributed by atoms with E-state index in [2.05, 4.69) is 9.97 Å². The molecule has 1 saturated heterocycles. The maximum Gasteiger partial charge on any atom is 0.269 e. The van der Waals surface area contributed by atoms with Crippen LogP contribution in [0.4, 0.5) is 5.69 Å². The molecule has 1 fully saturated rings. The number of benzene rings is 1. The van der Waals surface area contributed by atoms with Crippen LogP contribution in [0.5, 0.6) is 5.88 Å². The summed E-state index contributed by atoms with van der Waals surface area (Å²) in [7, 11) is -3.75. The summed E-state index contributed by atoms with van der Waals surface area (Å²) < 4.78 is 32.9. The van der Waals surface area contributed by atoms with Crippen molar-refractivity contribution in [3.63, 3.8) is 0 Å². The number of hydrogen-bond acceptors (Lipinski definition) is 7. The molecule has 1 aromatic heterocycles. The summed E-state index contributed by atoms with van der Waals surface area (Å²) in [5.74, 6) is 1.02. The second-order valence-electron chi connectivity index (χ2n) is 6.39. The predicted molar refractivity (Wildman–Crippen MR) is 97.0 cm³/mol. The van der Waals surface area contributed by atoms with Crippen LogP contribution in [0.2, 0.25) is 0 Å². The Morgan fingerprint density at radius 1 is 1.22 bits per heavy atom. The molecular formula is C17H20N4O5S. The first-order valence-corrected chi connectivity index (χ1v) is 9.93. The lowest BCUT2D eigenvalue weighted by Gasteiger charge is -2.31. The van der Waals surface area contributed by atoms with E-state index in [9.17, 15) is 18.5 Å². The van der Waals surface area contributed by atoms with Gasteiger partial charge in [0.15, 0.2) is 0 Å². The van der Waals surface area contributed by atoms with Crippen LogP contribution in [0.25, 0.3) is 0 Å². The normalized spacial score (nSPS) is 18.2. The lowest BCUT2D eigenvalue weighted by Crippen LogP contribution is -2.44. The van der Waals surface area contributed by atoms with E-state index in [0.717, 1.165) is 5.69 Å². The molecule has 1 aromatic carbocycles. The fraction of sp³-hybridized carbons (Fsp3) is 0.412. The molecule has 0 amide bonds. The second-order valence-corrected chi connectivity index (χ2v) is 8.33. The number of aromatic nitrogens is 2. The van der Waals surface area contributed by atoms with Gasteiger partial charge in [-0.2, -0.15) is 9.29 Å². The lowest BCUT2D eigenvalue weighted by molar-refractivity contribution is -0.384. The van der Waals surface area contributed by atoms with E-state index in [1.807, 2.05) is 6.92 Å². The number of nitro groups is 1. The van der Waals surface area contributed by atoms with E-state index in [-0.39, 0.29) is 23.2 Å². The highest BCUT2D eigenvalue weighted by atomic mass is 32.2. The SMILES string of the molecule is Cc1cc(OC2CCCN(S(=O)(=O)c3ccc([N+](=O)[O-])cc3)C2)nc(C)n1. The van der Waals surface area contributed by atoms with Crippen molar-refractivity contribution in [3.05, 3.63) is 52.0 Å². The smallest absolute Gasteiger partial charge is 0.269 e. The van der Waals surface area contributed by atoms with Crippen molar-refractivity contribution in [2.45, 2.75) is 37.7 Å². The predicted octanol–water partition coefficient (Wildman–Crippen LogP) is 2.23. The van der Waals surface area contributed by atoms with Gasteiger partial charge in [-0.1, -0.05) is 0 Å². The molecule has 1 aliphatic rings. The monoisotopic (exact) mass is 392 g/mol. The molecule has 0 saturated carbocycles. The number of hydrogen-bond donors (Lipinski definition) is 0. The highest BCUT2D eigenvalue weighted by Gasteiger charge is 2.31. The van der Waals surface area contributed by atoms with E-state index in [1.54, 1.807) is 13.0 Å². The van der Waals surface area contributed by atoms with E-state index < -0.39 is 14.9 Å². The summed E-state index contributed by atoms with van der Waals surface area (Å²) >= 11 is 0. The van der Waals surface area contributed by atoms with E-state index in [1.165, 1.54) is 28.6 Å². The fourth-order valence-electron chi connectivity index (χ4n) is 3.02. The van der Waals surface area contributed by atoms with Crippen molar-refractivity contribution >= 4 is 15.7 Å². The molecule has 144 valence electrons. The molecule has 1 aliphatic heterocycles. The molecule has 0 bridgehead atoms. The van der Waals surface area contributed by atoms with Gasteiger partial charge in [0.2, 0.25) is 15.9 Å². The van der Waals surface area contributed by atoms with Gasteiger partial charge in [-0.05, 0) is 38.8 Å². The van der Waals surface area contributed by atoms with Crippen LogP contribution in [0.15, 0.2) is 35.2 Å². The van der Waals surface area contributed by atoms with Crippen LogP contribution in [-0.2, 0) is 10.0 Å². The second kappa shape index (κ2) is 7.57. The number of sulfonamides is 1. The van der Waals surface area contributed by atoms with Crippen molar-refractivity contribution < 1.29 is 18.1 Å². The van der Waals surface area contributed by atoms with Gasteiger partial charge < -0.3 is 4.74 Å². The van der Waals surface area contributed by atoms with Crippen molar-refractivity contribution in [3.8, 4) is 5.88 Å². The number of rotatable bonds is 5. The first kappa shape index (κ1) is 19.2. The van der Waals surface area contributed by atoms with Gasteiger partial charge in [-0.25, -0.2) is 13.4 Å². The van der Waals surface area contributed by atoms with Crippen molar-refractivity contribution in [1.82, 2.24) is 14.3 Å². The summed E-state index contributed by atoms with van der Waals surface area (Å²) in [6.45, 7) is 4.18. The number of piperidine rings is 1. The van der Waals surface area contributed by atoms with Crippen LogP contribution in [-0.4, -0.2) is 46.8 Å². The Balaban J connectivity index is 1.75. The van der Waals surface area contributed by atoms with Gasteiger partial charge >= 0.3 is 0 Å². The van der Waals surface area contributed by atoms with Crippen LogP contribution in [0.3, 0.4) is 0 Å². The molecule has 2 aromatic rings. The molecular weight excluding hydrogens is 372 g/mol. The molecule has 0 spiro atoms. The zero-order chi connectivity index (χ0) is 19.6. The van der Waals surface area contributed by atoms with Crippen molar-refractivity contribution in [2.24, 2.45) is 0 Å². The van der Waals surface area contributed by atoms with Crippen LogP contribution in [0.1, 0.15) is 24.4 Å². The van der Waals surface area contributed by atoms with Gasteiger partial charge in [0.1, 0.15) is 11.9 Å². The maximum atomic E-state index is 12.8. The molecule has 10 heteroatoms.